The highest BCUT2D eigenvalue weighted by atomic mass is 16.5. The fourth-order valence-electron chi connectivity index (χ4n) is 1.41. The molecular formula is C11H16N2O3. The van der Waals surface area contributed by atoms with Crippen molar-refractivity contribution in [3.8, 4) is 5.75 Å². The van der Waals surface area contributed by atoms with Crippen molar-refractivity contribution in [3.63, 3.8) is 0 Å². The fraction of sp³-hybridized carbons (Fsp3) is 0.455. The summed E-state index contributed by atoms with van der Waals surface area (Å²) in [5.74, 6) is 0.792. The summed E-state index contributed by atoms with van der Waals surface area (Å²) in [4.78, 5) is 10.3. The van der Waals surface area contributed by atoms with Gasteiger partial charge in [0.2, 0.25) is 0 Å². The van der Waals surface area contributed by atoms with Crippen molar-refractivity contribution in [2.24, 2.45) is 5.29 Å². The Balaban J connectivity index is 2.74. The van der Waals surface area contributed by atoms with Crippen LogP contribution in [0.1, 0.15) is 11.7 Å². The third-order valence-corrected chi connectivity index (χ3v) is 2.34. The highest BCUT2D eigenvalue weighted by Gasteiger charge is 2.13. The van der Waals surface area contributed by atoms with Crippen LogP contribution in [0.5, 0.6) is 5.75 Å². The molecular weight excluding hydrogens is 208 g/mol. The minimum atomic E-state index is -0.173. The minimum absolute atomic E-state index is 0.173. The average molecular weight is 224 g/mol. The molecule has 88 valence electrons. The number of hydrogen-bond acceptors (Lipinski definition) is 4. The van der Waals surface area contributed by atoms with Gasteiger partial charge in [-0.1, -0.05) is 12.1 Å². The van der Waals surface area contributed by atoms with Crippen LogP contribution in [0.25, 0.3) is 0 Å². The Kier molecular flexibility index (Phi) is 4.72. The zero-order valence-corrected chi connectivity index (χ0v) is 9.71. The Morgan fingerprint density at radius 1 is 1.31 bits per heavy atom. The van der Waals surface area contributed by atoms with Gasteiger partial charge < -0.3 is 9.47 Å². The topological polar surface area (TPSA) is 51.1 Å². The van der Waals surface area contributed by atoms with Crippen molar-refractivity contribution in [3.05, 3.63) is 34.7 Å². The second-order valence-electron chi connectivity index (χ2n) is 3.42. The largest absolute Gasteiger partial charge is 0.497 e. The van der Waals surface area contributed by atoms with Gasteiger partial charge in [-0.05, 0) is 17.7 Å². The van der Waals surface area contributed by atoms with E-state index in [9.17, 15) is 4.91 Å². The van der Waals surface area contributed by atoms with Crippen molar-refractivity contribution in [1.29, 1.82) is 0 Å². The van der Waals surface area contributed by atoms with Crippen LogP contribution in [-0.2, 0) is 4.74 Å². The smallest absolute Gasteiger partial charge is 0.118 e. The average Bonchev–Trinajstić information content (AvgIpc) is 2.35. The molecule has 0 radical (unpaired) electrons. The summed E-state index contributed by atoms with van der Waals surface area (Å²) >= 11 is 0. The number of nitrogens with zero attached hydrogens (tertiary/aromatic N) is 2. The van der Waals surface area contributed by atoms with E-state index in [0.717, 1.165) is 11.3 Å². The maximum Gasteiger partial charge on any atom is 0.118 e. The molecule has 0 spiro atoms. The molecule has 0 fully saturated rings. The van der Waals surface area contributed by atoms with Crippen molar-refractivity contribution in [2.45, 2.75) is 6.10 Å². The molecule has 0 saturated carbocycles. The minimum Gasteiger partial charge on any atom is -0.497 e. The first-order valence-electron chi connectivity index (χ1n) is 4.92. The number of methoxy groups -OCH3 is 2. The van der Waals surface area contributed by atoms with Crippen LogP contribution in [0.4, 0.5) is 0 Å². The number of ether oxygens (including phenoxy) is 2. The zero-order valence-electron chi connectivity index (χ0n) is 9.71. The van der Waals surface area contributed by atoms with E-state index < -0.39 is 0 Å². The first-order chi connectivity index (χ1) is 7.71. The molecule has 0 N–H and O–H groups in total. The molecule has 0 bridgehead atoms. The van der Waals surface area contributed by atoms with Crippen molar-refractivity contribution in [1.82, 2.24) is 5.01 Å². The number of hydrogen-bond donors (Lipinski definition) is 0. The van der Waals surface area contributed by atoms with Gasteiger partial charge in [-0.2, -0.15) is 0 Å². The first-order valence-corrected chi connectivity index (χ1v) is 4.92. The second-order valence-corrected chi connectivity index (χ2v) is 3.42. The summed E-state index contributed by atoms with van der Waals surface area (Å²) in [6.45, 7) is 0.423. The Bertz CT molecular complexity index is 327. The summed E-state index contributed by atoms with van der Waals surface area (Å²) in [5, 5.41) is 4.12. The van der Waals surface area contributed by atoms with Gasteiger partial charge in [0.1, 0.15) is 11.9 Å². The molecule has 1 rings (SSSR count). The first kappa shape index (κ1) is 12.4. The lowest BCUT2D eigenvalue weighted by Gasteiger charge is -2.19. The number of likely N-dealkylation sites (N-methyl/N-ethyl adjacent to an activating group) is 1. The van der Waals surface area contributed by atoms with E-state index in [-0.39, 0.29) is 6.10 Å². The molecule has 16 heavy (non-hydrogen) atoms. The van der Waals surface area contributed by atoms with Gasteiger partial charge in [0.25, 0.3) is 0 Å². The van der Waals surface area contributed by atoms with Gasteiger partial charge in [0, 0.05) is 14.2 Å². The van der Waals surface area contributed by atoms with Crippen LogP contribution in [-0.4, -0.2) is 32.8 Å². The van der Waals surface area contributed by atoms with Gasteiger partial charge in [0.05, 0.1) is 18.9 Å². The monoisotopic (exact) mass is 224 g/mol. The standard InChI is InChI=1S/C11H16N2O3/c1-13(12-14)8-11(16-3)9-4-6-10(15-2)7-5-9/h4-7,11H,8H2,1-3H3. The van der Waals surface area contributed by atoms with Gasteiger partial charge >= 0.3 is 0 Å². The van der Waals surface area contributed by atoms with Crippen molar-refractivity contribution < 1.29 is 9.47 Å². The molecule has 1 aromatic carbocycles. The van der Waals surface area contributed by atoms with Gasteiger partial charge in [-0.3, -0.25) is 5.01 Å². The van der Waals surface area contributed by atoms with E-state index in [4.69, 9.17) is 9.47 Å². The van der Waals surface area contributed by atoms with E-state index in [1.807, 2.05) is 24.3 Å². The molecule has 0 aliphatic carbocycles. The Morgan fingerprint density at radius 3 is 2.38 bits per heavy atom. The number of nitroso groups, excluding NO2 is 1. The predicted octanol–water partition coefficient (Wildman–Crippen LogP) is 2.00. The second kappa shape index (κ2) is 6.07. The number of rotatable bonds is 6. The maximum absolute atomic E-state index is 10.3. The summed E-state index contributed by atoms with van der Waals surface area (Å²) in [7, 11) is 4.84. The third-order valence-electron chi connectivity index (χ3n) is 2.34. The molecule has 0 aliphatic rings. The highest BCUT2D eigenvalue weighted by molar-refractivity contribution is 5.28. The van der Waals surface area contributed by atoms with Gasteiger partial charge in [0.15, 0.2) is 0 Å². The lowest BCUT2D eigenvalue weighted by molar-refractivity contribution is 0.0719. The van der Waals surface area contributed by atoms with Gasteiger partial charge in [-0.25, -0.2) is 0 Å². The van der Waals surface area contributed by atoms with Crippen LogP contribution in [0.2, 0.25) is 0 Å². The number of benzene rings is 1. The molecule has 5 nitrogen and oxygen atoms in total. The zero-order chi connectivity index (χ0) is 12.0. The predicted molar refractivity (Wildman–Crippen MR) is 61.2 cm³/mol. The Hall–Kier alpha value is -1.62. The lowest BCUT2D eigenvalue weighted by Crippen LogP contribution is -2.20. The fourth-order valence-corrected chi connectivity index (χ4v) is 1.41. The summed E-state index contributed by atoms with van der Waals surface area (Å²) in [6, 6.07) is 7.53. The SMILES string of the molecule is COc1ccc(C(CN(C)N=O)OC)cc1. The highest BCUT2D eigenvalue weighted by Crippen LogP contribution is 2.20. The lowest BCUT2D eigenvalue weighted by atomic mass is 10.1. The van der Waals surface area contributed by atoms with Crippen molar-refractivity contribution in [2.75, 3.05) is 27.8 Å². The molecule has 1 atom stereocenters. The van der Waals surface area contributed by atoms with Crippen LogP contribution in [0.3, 0.4) is 0 Å². The van der Waals surface area contributed by atoms with E-state index in [1.54, 1.807) is 21.3 Å². The maximum atomic E-state index is 10.3. The Labute approximate surface area is 94.9 Å². The molecule has 0 aromatic heterocycles. The van der Waals surface area contributed by atoms with Crippen LogP contribution >= 0.6 is 0 Å². The van der Waals surface area contributed by atoms with E-state index >= 15 is 0 Å². The quantitative estimate of drug-likeness (QED) is 0.547. The van der Waals surface area contributed by atoms with Crippen LogP contribution in [0.15, 0.2) is 29.6 Å². The molecule has 1 aromatic rings. The Morgan fingerprint density at radius 2 is 1.94 bits per heavy atom. The summed E-state index contributed by atoms with van der Waals surface area (Å²) in [5.41, 5.74) is 0.985. The van der Waals surface area contributed by atoms with E-state index in [0.29, 0.717) is 6.54 Å². The molecule has 1 unspecified atom stereocenters. The summed E-state index contributed by atoms with van der Waals surface area (Å²) < 4.78 is 10.4. The van der Waals surface area contributed by atoms with Crippen LogP contribution in [0, 0.1) is 4.91 Å². The third kappa shape index (κ3) is 3.20. The summed E-state index contributed by atoms with van der Waals surface area (Å²) in [6.07, 6.45) is -0.173. The van der Waals surface area contributed by atoms with Crippen molar-refractivity contribution >= 4 is 0 Å². The van der Waals surface area contributed by atoms with Crippen LogP contribution < -0.4 is 4.74 Å². The van der Waals surface area contributed by atoms with E-state index in [2.05, 4.69) is 5.29 Å². The van der Waals surface area contributed by atoms with Gasteiger partial charge in [-0.15, -0.1) is 4.91 Å². The molecule has 5 heteroatoms. The molecule has 0 heterocycles. The molecule has 0 amide bonds. The molecule has 0 saturated heterocycles. The molecule has 0 aliphatic heterocycles. The van der Waals surface area contributed by atoms with E-state index in [1.165, 1.54) is 5.01 Å². The normalized spacial score (nSPS) is 11.9.